The quantitative estimate of drug-likeness (QED) is 0.799. The summed E-state index contributed by atoms with van der Waals surface area (Å²) >= 11 is 18.4. The summed E-state index contributed by atoms with van der Waals surface area (Å²) in [6.45, 7) is 0.456. The molecule has 0 heterocycles. The van der Waals surface area contributed by atoms with Crippen molar-refractivity contribution in [1.29, 1.82) is 0 Å². The first-order valence-electron chi connectivity index (χ1n) is 6.15. The van der Waals surface area contributed by atoms with Gasteiger partial charge in [-0.3, -0.25) is 0 Å². The zero-order valence-electron chi connectivity index (χ0n) is 11.5. The topological polar surface area (TPSA) is 30.5 Å². The van der Waals surface area contributed by atoms with Crippen LogP contribution in [-0.2, 0) is 6.54 Å². The number of hydrogen-bond acceptors (Lipinski definition) is 3. The summed E-state index contributed by atoms with van der Waals surface area (Å²) in [5.74, 6) is 1.18. The second-order valence-electron chi connectivity index (χ2n) is 4.24. The van der Waals surface area contributed by atoms with Crippen molar-refractivity contribution in [3.63, 3.8) is 0 Å². The standard InChI is InChI=1S/C15H14Cl3NO2/c1-20-14-7-15(21-2)13(6-12(14)18)19-8-9-10(16)4-3-5-11(9)17/h3-7,19H,8H2,1-2H3. The number of halogens is 3. The largest absolute Gasteiger partial charge is 0.495 e. The van der Waals surface area contributed by atoms with Crippen LogP contribution in [0.4, 0.5) is 5.69 Å². The average molecular weight is 347 g/mol. The van der Waals surface area contributed by atoms with Gasteiger partial charge in [0.1, 0.15) is 11.5 Å². The average Bonchev–Trinajstić information content (AvgIpc) is 2.47. The smallest absolute Gasteiger partial charge is 0.145 e. The van der Waals surface area contributed by atoms with E-state index in [2.05, 4.69) is 5.32 Å². The molecule has 0 saturated carbocycles. The fourth-order valence-electron chi connectivity index (χ4n) is 1.88. The highest BCUT2D eigenvalue weighted by Gasteiger charge is 2.11. The van der Waals surface area contributed by atoms with Crippen molar-refractivity contribution in [2.75, 3.05) is 19.5 Å². The van der Waals surface area contributed by atoms with Gasteiger partial charge in [-0.15, -0.1) is 0 Å². The van der Waals surface area contributed by atoms with Crippen molar-refractivity contribution in [3.05, 3.63) is 51.0 Å². The third-order valence-electron chi connectivity index (χ3n) is 2.99. The summed E-state index contributed by atoms with van der Waals surface area (Å²) in [6, 6.07) is 8.85. The molecule has 2 aromatic carbocycles. The van der Waals surface area contributed by atoms with Gasteiger partial charge in [0.25, 0.3) is 0 Å². The predicted octanol–water partition coefficient (Wildman–Crippen LogP) is 5.28. The van der Waals surface area contributed by atoms with Gasteiger partial charge in [-0.2, -0.15) is 0 Å². The normalized spacial score (nSPS) is 10.3. The number of nitrogens with one attached hydrogen (secondary N) is 1. The molecule has 0 radical (unpaired) electrons. The maximum Gasteiger partial charge on any atom is 0.145 e. The van der Waals surface area contributed by atoms with Crippen LogP contribution >= 0.6 is 34.8 Å². The van der Waals surface area contributed by atoms with Gasteiger partial charge in [0.15, 0.2) is 0 Å². The number of anilines is 1. The molecule has 112 valence electrons. The second-order valence-corrected chi connectivity index (χ2v) is 5.46. The molecule has 21 heavy (non-hydrogen) atoms. The molecule has 3 nitrogen and oxygen atoms in total. The molecule has 2 rings (SSSR count). The molecule has 0 aliphatic carbocycles. The predicted molar refractivity (Wildman–Crippen MR) is 88.3 cm³/mol. The lowest BCUT2D eigenvalue weighted by Gasteiger charge is -2.15. The van der Waals surface area contributed by atoms with Crippen molar-refractivity contribution >= 4 is 40.5 Å². The first-order chi connectivity index (χ1) is 10.1. The van der Waals surface area contributed by atoms with Crippen LogP contribution in [0.3, 0.4) is 0 Å². The lowest BCUT2D eigenvalue weighted by Crippen LogP contribution is -2.03. The Labute approximate surface area is 138 Å². The summed E-state index contributed by atoms with van der Waals surface area (Å²) in [7, 11) is 3.13. The number of methoxy groups -OCH3 is 2. The molecule has 6 heteroatoms. The Balaban J connectivity index is 2.26. The van der Waals surface area contributed by atoms with Gasteiger partial charge in [-0.05, 0) is 18.2 Å². The van der Waals surface area contributed by atoms with E-state index < -0.39 is 0 Å². The van der Waals surface area contributed by atoms with Gasteiger partial charge < -0.3 is 14.8 Å². The summed E-state index contributed by atoms with van der Waals surface area (Å²) in [5.41, 5.74) is 1.55. The van der Waals surface area contributed by atoms with E-state index in [1.165, 1.54) is 0 Å². The third kappa shape index (κ3) is 3.67. The highest BCUT2D eigenvalue weighted by Crippen LogP contribution is 2.36. The van der Waals surface area contributed by atoms with E-state index >= 15 is 0 Å². The molecule has 0 amide bonds. The van der Waals surface area contributed by atoms with Gasteiger partial charge in [-0.1, -0.05) is 40.9 Å². The molecule has 2 aromatic rings. The summed E-state index contributed by atoms with van der Waals surface area (Å²) in [5, 5.41) is 4.92. The van der Waals surface area contributed by atoms with E-state index in [0.29, 0.717) is 33.1 Å². The molecule has 0 aliphatic heterocycles. The Morgan fingerprint density at radius 2 is 1.52 bits per heavy atom. The van der Waals surface area contributed by atoms with Crippen LogP contribution in [0.25, 0.3) is 0 Å². The molecular weight excluding hydrogens is 333 g/mol. The lowest BCUT2D eigenvalue weighted by molar-refractivity contribution is 0.395. The van der Waals surface area contributed by atoms with E-state index in [1.807, 2.05) is 0 Å². The Kier molecular flexibility index (Phi) is 5.45. The van der Waals surface area contributed by atoms with E-state index in [4.69, 9.17) is 44.3 Å². The molecule has 0 spiro atoms. The minimum Gasteiger partial charge on any atom is -0.495 e. The number of hydrogen-bond donors (Lipinski definition) is 1. The summed E-state index contributed by atoms with van der Waals surface area (Å²) in [6.07, 6.45) is 0. The zero-order chi connectivity index (χ0) is 15.4. The van der Waals surface area contributed by atoms with Gasteiger partial charge in [0, 0.05) is 28.2 Å². The van der Waals surface area contributed by atoms with E-state index in [-0.39, 0.29) is 0 Å². The second kappa shape index (κ2) is 7.12. The minimum atomic E-state index is 0.456. The van der Waals surface area contributed by atoms with E-state index in [0.717, 1.165) is 11.3 Å². The van der Waals surface area contributed by atoms with Crippen molar-refractivity contribution in [1.82, 2.24) is 0 Å². The Morgan fingerprint density at radius 3 is 2.10 bits per heavy atom. The van der Waals surface area contributed by atoms with Crippen LogP contribution in [0.1, 0.15) is 5.56 Å². The van der Waals surface area contributed by atoms with Crippen LogP contribution in [0.15, 0.2) is 30.3 Å². The third-order valence-corrected chi connectivity index (χ3v) is 3.99. The Hall–Kier alpha value is -1.29. The van der Waals surface area contributed by atoms with Crippen LogP contribution < -0.4 is 14.8 Å². The maximum absolute atomic E-state index is 6.15. The lowest BCUT2D eigenvalue weighted by atomic mass is 10.2. The number of ether oxygens (including phenoxy) is 2. The first-order valence-corrected chi connectivity index (χ1v) is 7.28. The highest BCUT2D eigenvalue weighted by atomic mass is 35.5. The van der Waals surface area contributed by atoms with Gasteiger partial charge in [0.05, 0.1) is 24.9 Å². The fourth-order valence-corrected chi connectivity index (χ4v) is 2.65. The molecular formula is C15H14Cl3NO2. The van der Waals surface area contributed by atoms with Gasteiger partial charge >= 0.3 is 0 Å². The number of rotatable bonds is 5. The molecule has 0 bridgehead atoms. The van der Waals surface area contributed by atoms with Crippen LogP contribution in [-0.4, -0.2) is 14.2 Å². The van der Waals surface area contributed by atoms with Crippen molar-refractivity contribution in [2.45, 2.75) is 6.54 Å². The van der Waals surface area contributed by atoms with Crippen molar-refractivity contribution in [2.24, 2.45) is 0 Å². The van der Waals surface area contributed by atoms with E-state index in [9.17, 15) is 0 Å². The van der Waals surface area contributed by atoms with Crippen molar-refractivity contribution in [3.8, 4) is 11.5 Å². The summed E-state index contributed by atoms with van der Waals surface area (Å²) < 4.78 is 10.5. The molecule has 1 N–H and O–H groups in total. The minimum absolute atomic E-state index is 0.456. The van der Waals surface area contributed by atoms with Gasteiger partial charge in [0.2, 0.25) is 0 Å². The summed E-state index contributed by atoms with van der Waals surface area (Å²) in [4.78, 5) is 0. The molecule has 0 unspecified atom stereocenters. The Morgan fingerprint density at radius 1 is 0.905 bits per heavy atom. The maximum atomic E-state index is 6.15. The van der Waals surface area contributed by atoms with Crippen LogP contribution in [0.2, 0.25) is 15.1 Å². The first kappa shape index (κ1) is 16.1. The molecule has 0 fully saturated rings. The van der Waals surface area contributed by atoms with Crippen molar-refractivity contribution < 1.29 is 9.47 Å². The zero-order valence-corrected chi connectivity index (χ0v) is 13.8. The van der Waals surface area contributed by atoms with Crippen LogP contribution in [0.5, 0.6) is 11.5 Å². The Bertz CT molecular complexity index is 627. The highest BCUT2D eigenvalue weighted by molar-refractivity contribution is 6.36. The molecule has 0 aromatic heterocycles. The molecule has 0 aliphatic rings. The SMILES string of the molecule is COc1cc(OC)c(NCc2c(Cl)cccc2Cl)cc1Cl. The van der Waals surface area contributed by atoms with Crippen LogP contribution in [0, 0.1) is 0 Å². The monoisotopic (exact) mass is 345 g/mol. The molecule has 0 saturated heterocycles. The van der Waals surface area contributed by atoms with Gasteiger partial charge in [-0.25, -0.2) is 0 Å². The fraction of sp³-hybridized carbons (Fsp3) is 0.200. The number of benzene rings is 2. The van der Waals surface area contributed by atoms with E-state index in [1.54, 1.807) is 44.6 Å². The molecule has 0 atom stereocenters.